The molecule has 0 saturated heterocycles. The molecule has 9 aromatic rings. The van der Waals surface area contributed by atoms with Gasteiger partial charge in [-0.1, -0.05) is 170 Å². The van der Waals surface area contributed by atoms with Crippen LogP contribution in [-0.2, 0) is 0 Å². The Morgan fingerprint density at radius 2 is 0.761 bits per heavy atom. The van der Waals surface area contributed by atoms with Gasteiger partial charge in [0.25, 0.3) is 0 Å². The van der Waals surface area contributed by atoms with Crippen molar-refractivity contribution in [2.75, 3.05) is 0 Å². The normalized spacial score (nSPS) is 11.5. The highest BCUT2D eigenvalue weighted by atomic mass is 14.2. The molecule has 0 saturated carbocycles. The highest BCUT2D eigenvalue weighted by Gasteiger charge is 2.20. The van der Waals surface area contributed by atoms with E-state index in [1.807, 2.05) is 0 Å². The number of hydrogen-bond acceptors (Lipinski definition) is 0. The second kappa shape index (κ2) is 10.9. The third-order valence-electron chi connectivity index (χ3n) is 9.45. The van der Waals surface area contributed by atoms with Crippen LogP contribution < -0.4 is 0 Å². The molecule has 214 valence electrons. The minimum Gasteiger partial charge on any atom is -0.0622 e. The van der Waals surface area contributed by atoms with Crippen molar-refractivity contribution in [1.82, 2.24) is 0 Å². The van der Waals surface area contributed by atoms with Gasteiger partial charge in [-0.2, -0.15) is 0 Å². The maximum Gasteiger partial charge on any atom is -0.00199 e. The van der Waals surface area contributed by atoms with Crippen molar-refractivity contribution in [3.8, 4) is 44.5 Å². The van der Waals surface area contributed by atoms with E-state index in [4.69, 9.17) is 0 Å². The predicted molar refractivity (Wildman–Crippen MR) is 198 cm³/mol. The molecule has 0 nitrogen and oxygen atoms in total. The minimum atomic E-state index is 1.22. The van der Waals surface area contributed by atoms with Crippen LogP contribution in [0.2, 0.25) is 0 Å². The molecule has 0 heteroatoms. The van der Waals surface area contributed by atoms with Gasteiger partial charge in [-0.15, -0.1) is 0 Å². The molecule has 0 amide bonds. The maximum atomic E-state index is 2.41. The SMILES string of the molecule is c1ccc(-c2ccc3c(-c4ccccc4-c4ccc5ccccc5c4)c4ccccc4c(-c4cccc5ccccc45)c3c2)cc1. The smallest absolute Gasteiger partial charge is 0.00199 e. The summed E-state index contributed by atoms with van der Waals surface area (Å²) < 4.78 is 0. The molecule has 0 N–H and O–H groups in total. The Balaban J connectivity index is 1.42. The number of rotatable bonds is 4. The van der Waals surface area contributed by atoms with Crippen molar-refractivity contribution in [1.29, 1.82) is 0 Å². The number of fused-ring (bicyclic) bond motifs is 4. The molecule has 0 atom stereocenters. The summed E-state index contributed by atoms with van der Waals surface area (Å²) in [5.41, 5.74) is 9.98. The lowest BCUT2D eigenvalue weighted by molar-refractivity contribution is 1.62. The van der Waals surface area contributed by atoms with Gasteiger partial charge in [-0.3, -0.25) is 0 Å². The van der Waals surface area contributed by atoms with Crippen molar-refractivity contribution >= 4 is 43.1 Å². The van der Waals surface area contributed by atoms with Crippen molar-refractivity contribution in [2.45, 2.75) is 0 Å². The first-order valence-corrected chi connectivity index (χ1v) is 15.9. The Hall–Kier alpha value is -5.98. The van der Waals surface area contributed by atoms with Crippen LogP contribution >= 0.6 is 0 Å². The van der Waals surface area contributed by atoms with E-state index in [2.05, 4.69) is 182 Å². The quantitative estimate of drug-likeness (QED) is 0.181. The summed E-state index contributed by atoms with van der Waals surface area (Å²) in [5, 5.41) is 10.1. The number of benzene rings is 9. The molecule has 0 spiro atoms. The molecule has 0 aromatic heterocycles. The number of hydrogen-bond donors (Lipinski definition) is 0. The van der Waals surface area contributed by atoms with Gasteiger partial charge >= 0.3 is 0 Å². The van der Waals surface area contributed by atoms with Crippen LogP contribution in [0.15, 0.2) is 182 Å². The zero-order valence-corrected chi connectivity index (χ0v) is 25.3. The first-order valence-electron chi connectivity index (χ1n) is 15.9. The zero-order chi connectivity index (χ0) is 30.5. The van der Waals surface area contributed by atoms with E-state index < -0.39 is 0 Å². The van der Waals surface area contributed by atoms with Gasteiger partial charge in [0.1, 0.15) is 0 Å². The Morgan fingerprint density at radius 3 is 1.57 bits per heavy atom. The third-order valence-corrected chi connectivity index (χ3v) is 9.45. The molecule has 0 aliphatic rings. The zero-order valence-electron chi connectivity index (χ0n) is 25.3. The molecule has 0 fully saturated rings. The van der Waals surface area contributed by atoms with Gasteiger partial charge in [0, 0.05) is 0 Å². The van der Waals surface area contributed by atoms with Gasteiger partial charge in [0.15, 0.2) is 0 Å². The summed E-state index contributed by atoms with van der Waals surface area (Å²) in [4.78, 5) is 0. The molecule has 0 unspecified atom stereocenters. The summed E-state index contributed by atoms with van der Waals surface area (Å²) >= 11 is 0. The summed E-state index contributed by atoms with van der Waals surface area (Å²) in [5.74, 6) is 0. The lowest BCUT2D eigenvalue weighted by atomic mass is 9.82. The summed E-state index contributed by atoms with van der Waals surface area (Å²) in [6.07, 6.45) is 0. The van der Waals surface area contributed by atoms with E-state index in [-0.39, 0.29) is 0 Å². The molecular formula is C46H30. The largest absolute Gasteiger partial charge is 0.0622 e. The minimum absolute atomic E-state index is 1.22. The fourth-order valence-electron chi connectivity index (χ4n) is 7.32. The second-order valence-corrected chi connectivity index (χ2v) is 12.1. The molecule has 0 bridgehead atoms. The average Bonchev–Trinajstić information content (AvgIpc) is 3.13. The van der Waals surface area contributed by atoms with Crippen LogP contribution in [0.4, 0.5) is 0 Å². The summed E-state index contributed by atoms with van der Waals surface area (Å²) in [6.45, 7) is 0. The standard InChI is InChI=1S/C46H30/c1-2-13-31(14-3-1)35-27-28-43-44(30-35)46(40-24-12-18-33-16-6-7-19-37(33)40)42-23-11-10-22-41(42)45(43)39-21-9-8-20-38(39)36-26-25-32-15-4-5-17-34(32)29-36/h1-30H. The van der Waals surface area contributed by atoms with E-state index in [0.717, 1.165) is 0 Å². The van der Waals surface area contributed by atoms with E-state index in [9.17, 15) is 0 Å². The fourth-order valence-corrected chi connectivity index (χ4v) is 7.32. The van der Waals surface area contributed by atoms with E-state index in [1.54, 1.807) is 0 Å². The van der Waals surface area contributed by atoms with Crippen molar-refractivity contribution in [3.05, 3.63) is 182 Å². The fraction of sp³-hybridized carbons (Fsp3) is 0. The average molecular weight is 583 g/mol. The first-order chi connectivity index (χ1) is 22.8. The molecule has 9 aromatic carbocycles. The molecule has 0 heterocycles. The van der Waals surface area contributed by atoms with Crippen LogP contribution in [0.1, 0.15) is 0 Å². The van der Waals surface area contributed by atoms with Gasteiger partial charge in [0.2, 0.25) is 0 Å². The Labute approximate surface area is 268 Å². The van der Waals surface area contributed by atoms with Crippen LogP contribution in [0.25, 0.3) is 87.6 Å². The molecule has 0 aliphatic carbocycles. The van der Waals surface area contributed by atoms with Crippen LogP contribution in [0, 0.1) is 0 Å². The Kier molecular flexibility index (Phi) is 6.25. The van der Waals surface area contributed by atoms with Gasteiger partial charge < -0.3 is 0 Å². The summed E-state index contributed by atoms with van der Waals surface area (Å²) in [6, 6.07) is 66.6. The van der Waals surface area contributed by atoms with E-state index in [1.165, 1.54) is 87.6 Å². The van der Waals surface area contributed by atoms with E-state index >= 15 is 0 Å². The monoisotopic (exact) mass is 582 g/mol. The van der Waals surface area contributed by atoms with Crippen molar-refractivity contribution in [2.24, 2.45) is 0 Å². The van der Waals surface area contributed by atoms with Crippen molar-refractivity contribution in [3.63, 3.8) is 0 Å². The molecular weight excluding hydrogens is 553 g/mol. The van der Waals surface area contributed by atoms with Gasteiger partial charge in [0.05, 0.1) is 0 Å². The molecule has 46 heavy (non-hydrogen) atoms. The van der Waals surface area contributed by atoms with Gasteiger partial charge in [-0.25, -0.2) is 0 Å². The van der Waals surface area contributed by atoms with Crippen molar-refractivity contribution < 1.29 is 0 Å². The first kappa shape index (κ1) is 26.4. The summed E-state index contributed by atoms with van der Waals surface area (Å²) in [7, 11) is 0. The lowest BCUT2D eigenvalue weighted by Crippen LogP contribution is -1.94. The van der Waals surface area contributed by atoms with Crippen LogP contribution in [0.5, 0.6) is 0 Å². The predicted octanol–water partition coefficient (Wildman–Crippen LogP) is 13.0. The highest BCUT2D eigenvalue weighted by molar-refractivity contribution is 6.24. The third kappa shape index (κ3) is 4.30. The van der Waals surface area contributed by atoms with Gasteiger partial charge in [-0.05, 0) is 99.7 Å². The highest BCUT2D eigenvalue weighted by Crippen LogP contribution is 2.48. The molecule has 0 aliphatic heterocycles. The molecule has 0 radical (unpaired) electrons. The Morgan fingerprint density at radius 1 is 0.217 bits per heavy atom. The lowest BCUT2D eigenvalue weighted by Gasteiger charge is -2.21. The topological polar surface area (TPSA) is 0 Å². The van der Waals surface area contributed by atoms with Crippen LogP contribution in [-0.4, -0.2) is 0 Å². The van der Waals surface area contributed by atoms with Crippen LogP contribution in [0.3, 0.4) is 0 Å². The van der Waals surface area contributed by atoms with E-state index in [0.29, 0.717) is 0 Å². The molecule has 9 rings (SSSR count). The second-order valence-electron chi connectivity index (χ2n) is 12.1. The maximum absolute atomic E-state index is 2.41. The Bertz CT molecular complexity index is 2570.